The first-order valence-corrected chi connectivity index (χ1v) is 12.4. The van der Waals surface area contributed by atoms with Gasteiger partial charge in [-0.15, -0.1) is 0 Å². The SMILES string of the molecule is CN(C)CC(=O)N1CCC(c2cc(-c3cccc(C(=O)Nc4ccccc4)c3)c3c(N)ncnn23)CC1. The van der Waals surface area contributed by atoms with Gasteiger partial charge in [0.25, 0.3) is 5.91 Å². The molecule has 0 unspecified atom stereocenters. The van der Waals surface area contributed by atoms with Gasteiger partial charge in [0.2, 0.25) is 5.91 Å². The Morgan fingerprint density at radius 2 is 1.81 bits per heavy atom. The third-order valence-electron chi connectivity index (χ3n) is 6.80. The molecule has 3 N–H and O–H groups in total. The number of nitrogens with one attached hydrogen (secondary N) is 1. The summed E-state index contributed by atoms with van der Waals surface area (Å²) in [4.78, 5) is 33.5. The molecule has 1 saturated heterocycles. The Morgan fingerprint density at radius 1 is 1.05 bits per heavy atom. The number of piperidine rings is 1. The maximum Gasteiger partial charge on any atom is 0.255 e. The number of likely N-dealkylation sites (N-methyl/N-ethyl adjacent to an activating group) is 1. The van der Waals surface area contributed by atoms with E-state index < -0.39 is 0 Å². The van der Waals surface area contributed by atoms with Crippen LogP contribution in [0.1, 0.15) is 34.8 Å². The van der Waals surface area contributed by atoms with E-state index in [-0.39, 0.29) is 17.7 Å². The zero-order valence-electron chi connectivity index (χ0n) is 21.1. The molecule has 9 nitrogen and oxygen atoms in total. The van der Waals surface area contributed by atoms with Crippen LogP contribution in [0.4, 0.5) is 11.5 Å². The molecule has 37 heavy (non-hydrogen) atoms. The van der Waals surface area contributed by atoms with E-state index in [2.05, 4.69) is 21.5 Å². The number of nitrogens with two attached hydrogens (primary N) is 1. The summed E-state index contributed by atoms with van der Waals surface area (Å²) in [7, 11) is 3.81. The number of anilines is 2. The van der Waals surface area contributed by atoms with Crippen molar-refractivity contribution in [3.8, 4) is 11.1 Å². The highest BCUT2D eigenvalue weighted by Crippen LogP contribution is 2.37. The zero-order chi connectivity index (χ0) is 25.9. The number of benzene rings is 2. The van der Waals surface area contributed by atoms with Crippen molar-refractivity contribution in [2.45, 2.75) is 18.8 Å². The molecule has 9 heteroatoms. The number of fused-ring (bicyclic) bond motifs is 1. The number of nitrogens with zero attached hydrogens (tertiary/aromatic N) is 5. The summed E-state index contributed by atoms with van der Waals surface area (Å²) in [5.41, 5.74) is 11.1. The van der Waals surface area contributed by atoms with Gasteiger partial charge >= 0.3 is 0 Å². The number of para-hydroxylation sites is 1. The van der Waals surface area contributed by atoms with Crippen LogP contribution in [0.2, 0.25) is 0 Å². The average Bonchev–Trinajstić information content (AvgIpc) is 3.30. The Morgan fingerprint density at radius 3 is 2.54 bits per heavy atom. The zero-order valence-corrected chi connectivity index (χ0v) is 21.1. The summed E-state index contributed by atoms with van der Waals surface area (Å²) in [5, 5.41) is 7.47. The first-order chi connectivity index (χ1) is 17.9. The highest BCUT2D eigenvalue weighted by molar-refractivity contribution is 6.05. The van der Waals surface area contributed by atoms with Gasteiger partial charge < -0.3 is 20.9 Å². The lowest BCUT2D eigenvalue weighted by atomic mass is 9.92. The number of aromatic nitrogens is 3. The lowest BCUT2D eigenvalue weighted by Gasteiger charge is -2.32. The van der Waals surface area contributed by atoms with Crippen LogP contribution in [0.5, 0.6) is 0 Å². The predicted octanol–water partition coefficient (Wildman–Crippen LogP) is 3.50. The van der Waals surface area contributed by atoms with E-state index in [0.29, 0.717) is 31.0 Å². The molecule has 2 aromatic carbocycles. The van der Waals surface area contributed by atoms with E-state index in [1.165, 1.54) is 6.33 Å². The van der Waals surface area contributed by atoms with Crippen molar-refractivity contribution in [1.82, 2.24) is 24.4 Å². The Bertz CT molecular complexity index is 1420. The fraction of sp³-hybridized carbons (Fsp3) is 0.286. The highest BCUT2D eigenvalue weighted by atomic mass is 16.2. The Labute approximate surface area is 215 Å². The largest absolute Gasteiger partial charge is 0.382 e. The van der Waals surface area contributed by atoms with Gasteiger partial charge in [0, 0.05) is 41.5 Å². The molecule has 3 heterocycles. The quantitative estimate of drug-likeness (QED) is 0.422. The van der Waals surface area contributed by atoms with Crippen molar-refractivity contribution in [2.75, 3.05) is 44.8 Å². The second-order valence-corrected chi connectivity index (χ2v) is 9.68. The molecule has 2 amide bonds. The lowest BCUT2D eigenvalue weighted by Crippen LogP contribution is -2.42. The van der Waals surface area contributed by atoms with Gasteiger partial charge in [-0.2, -0.15) is 5.10 Å². The van der Waals surface area contributed by atoms with Crippen molar-refractivity contribution >= 4 is 28.8 Å². The molecule has 4 aromatic rings. The molecule has 1 aliphatic heterocycles. The van der Waals surface area contributed by atoms with Crippen LogP contribution >= 0.6 is 0 Å². The lowest BCUT2D eigenvalue weighted by molar-refractivity contribution is -0.132. The number of carbonyl (C=O) groups is 2. The van der Waals surface area contributed by atoms with Crippen molar-refractivity contribution < 1.29 is 9.59 Å². The minimum atomic E-state index is -0.184. The van der Waals surface area contributed by atoms with Gasteiger partial charge in [0.1, 0.15) is 11.8 Å². The average molecular weight is 498 g/mol. The number of hydrogen-bond donors (Lipinski definition) is 2. The third-order valence-corrected chi connectivity index (χ3v) is 6.80. The molecular formula is C28H31N7O2. The molecule has 2 aromatic heterocycles. The Balaban J connectivity index is 1.44. The standard InChI is InChI=1S/C28H31N7O2/c1-33(2)17-25(36)34-13-11-19(12-14-34)24-16-23(26-27(29)30-18-31-35(24)26)20-7-6-8-21(15-20)28(37)32-22-9-4-3-5-10-22/h3-10,15-16,18-19H,11-14,17H2,1-2H3,(H,32,37)(H2,29,30,31). The van der Waals surface area contributed by atoms with Crippen molar-refractivity contribution in [3.63, 3.8) is 0 Å². The number of hydrogen-bond acceptors (Lipinski definition) is 6. The predicted molar refractivity (Wildman–Crippen MR) is 144 cm³/mol. The van der Waals surface area contributed by atoms with Crippen LogP contribution in [-0.2, 0) is 4.79 Å². The molecule has 0 atom stereocenters. The molecule has 0 spiro atoms. The van der Waals surface area contributed by atoms with Crippen LogP contribution < -0.4 is 11.1 Å². The normalized spacial score (nSPS) is 14.3. The fourth-order valence-electron chi connectivity index (χ4n) is 4.95. The van der Waals surface area contributed by atoms with Crippen molar-refractivity contribution in [2.24, 2.45) is 0 Å². The molecule has 0 aliphatic carbocycles. The van der Waals surface area contributed by atoms with E-state index in [0.717, 1.165) is 40.9 Å². The summed E-state index contributed by atoms with van der Waals surface area (Å²) < 4.78 is 1.87. The fourth-order valence-corrected chi connectivity index (χ4v) is 4.95. The maximum absolute atomic E-state index is 12.9. The van der Waals surface area contributed by atoms with Crippen molar-refractivity contribution in [1.29, 1.82) is 0 Å². The molecular weight excluding hydrogens is 466 g/mol. The van der Waals surface area contributed by atoms with Crippen LogP contribution in [0, 0.1) is 0 Å². The van der Waals surface area contributed by atoms with E-state index in [1.807, 2.05) is 76.9 Å². The summed E-state index contributed by atoms with van der Waals surface area (Å²) in [6, 6.07) is 19.0. The number of carbonyl (C=O) groups excluding carboxylic acids is 2. The van der Waals surface area contributed by atoms with Crippen LogP contribution in [0.25, 0.3) is 16.6 Å². The molecule has 0 radical (unpaired) electrons. The van der Waals surface area contributed by atoms with Gasteiger partial charge in [-0.05, 0) is 62.8 Å². The maximum atomic E-state index is 12.9. The number of nitrogen functional groups attached to an aromatic ring is 1. The van der Waals surface area contributed by atoms with Gasteiger partial charge in [-0.25, -0.2) is 9.50 Å². The molecule has 1 aliphatic rings. The molecule has 1 fully saturated rings. The first-order valence-electron chi connectivity index (χ1n) is 12.4. The summed E-state index contributed by atoms with van der Waals surface area (Å²) in [6.07, 6.45) is 3.15. The Hall–Kier alpha value is -4.24. The molecule has 5 rings (SSSR count). The first kappa shape index (κ1) is 24.5. The van der Waals surface area contributed by atoms with E-state index >= 15 is 0 Å². The minimum absolute atomic E-state index is 0.154. The molecule has 0 bridgehead atoms. The second-order valence-electron chi connectivity index (χ2n) is 9.68. The number of likely N-dealkylation sites (tertiary alicyclic amines) is 1. The van der Waals surface area contributed by atoms with Gasteiger partial charge in [-0.1, -0.05) is 30.3 Å². The van der Waals surface area contributed by atoms with Crippen LogP contribution in [-0.4, -0.2) is 69.9 Å². The minimum Gasteiger partial charge on any atom is -0.382 e. The number of amides is 2. The molecule has 0 saturated carbocycles. The summed E-state index contributed by atoms with van der Waals surface area (Å²) in [5.74, 6) is 0.578. The Kier molecular flexibility index (Phi) is 6.87. The summed E-state index contributed by atoms with van der Waals surface area (Å²) >= 11 is 0. The topological polar surface area (TPSA) is 109 Å². The second kappa shape index (κ2) is 10.4. The van der Waals surface area contributed by atoms with E-state index in [4.69, 9.17) is 5.73 Å². The van der Waals surface area contributed by atoms with Gasteiger partial charge in [0.15, 0.2) is 5.82 Å². The van der Waals surface area contributed by atoms with E-state index in [1.54, 1.807) is 6.07 Å². The van der Waals surface area contributed by atoms with Crippen molar-refractivity contribution in [3.05, 3.63) is 78.2 Å². The monoisotopic (exact) mass is 497 g/mol. The van der Waals surface area contributed by atoms with Crippen LogP contribution in [0.15, 0.2) is 67.0 Å². The third kappa shape index (κ3) is 5.17. The number of rotatable bonds is 6. The summed E-state index contributed by atoms with van der Waals surface area (Å²) in [6.45, 7) is 1.83. The van der Waals surface area contributed by atoms with Gasteiger partial charge in [-0.3, -0.25) is 9.59 Å². The van der Waals surface area contributed by atoms with Crippen LogP contribution in [0.3, 0.4) is 0 Å². The van der Waals surface area contributed by atoms with Gasteiger partial charge in [0.05, 0.1) is 6.54 Å². The molecule has 190 valence electrons. The highest BCUT2D eigenvalue weighted by Gasteiger charge is 2.28. The smallest absolute Gasteiger partial charge is 0.255 e. The van der Waals surface area contributed by atoms with E-state index in [9.17, 15) is 9.59 Å².